The van der Waals surface area contributed by atoms with Gasteiger partial charge in [-0.3, -0.25) is 4.40 Å². The summed E-state index contributed by atoms with van der Waals surface area (Å²) < 4.78 is 6.98. The number of pyridine rings is 1. The number of furan rings is 1. The highest BCUT2D eigenvalue weighted by molar-refractivity contribution is 6.28. The molecule has 3 aromatic rings. The molecule has 3 aromatic heterocycles. The third-order valence-electron chi connectivity index (χ3n) is 2.25. The minimum Gasteiger partial charge on any atom is -0.441 e. The monoisotopic (exact) mass is 234 g/mol. The third-order valence-corrected chi connectivity index (χ3v) is 2.46. The van der Waals surface area contributed by atoms with E-state index < -0.39 is 0 Å². The highest BCUT2D eigenvalue weighted by Gasteiger charge is 2.13. The molecule has 0 saturated carbocycles. The summed E-state index contributed by atoms with van der Waals surface area (Å²) in [5.74, 6) is 1.63. The first-order valence-electron chi connectivity index (χ1n) is 4.61. The van der Waals surface area contributed by atoms with Gasteiger partial charge in [0, 0.05) is 0 Å². The van der Waals surface area contributed by atoms with Crippen molar-refractivity contribution in [3.8, 4) is 11.6 Å². The van der Waals surface area contributed by atoms with E-state index in [1.54, 1.807) is 22.6 Å². The molecule has 5 nitrogen and oxygen atoms in total. The van der Waals surface area contributed by atoms with Crippen LogP contribution < -0.4 is 5.73 Å². The normalized spacial score (nSPS) is 11.1. The Balaban J connectivity index is 2.32. The Morgan fingerprint density at radius 3 is 2.81 bits per heavy atom. The molecular formula is C10H7ClN4O. The average molecular weight is 235 g/mol. The number of anilines is 1. The Morgan fingerprint density at radius 2 is 2.06 bits per heavy atom. The fraction of sp³-hybridized carbons (Fsp3) is 0. The summed E-state index contributed by atoms with van der Waals surface area (Å²) in [7, 11) is 0. The molecule has 0 radical (unpaired) electrons. The molecule has 3 rings (SSSR count). The van der Waals surface area contributed by atoms with Crippen molar-refractivity contribution in [2.75, 3.05) is 5.73 Å². The Labute approximate surface area is 95.5 Å². The number of nitrogens with zero attached hydrogens (tertiary/aromatic N) is 3. The number of fused-ring (bicyclic) bond motifs is 1. The van der Waals surface area contributed by atoms with Crippen LogP contribution in [-0.4, -0.2) is 14.6 Å². The fourth-order valence-corrected chi connectivity index (χ4v) is 1.71. The number of rotatable bonds is 1. The molecule has 80 valence electrons. The summed E-state index contributed by atoms with van der Waals surface area (Å²) in [6, 6.07) is 8.78. The second-order valence-electron chi connectivity index (χ2n) is 3.27. The Bertz CT molecular complexity index is 658. The zero-order valence-electron chi connectivity index (χ0n) is 8.09. The van der Waals surface area contributed by atoms with Crippen LogP contribution in [0.5, 0.6) is 0 Å². The molecule has 0 aliphatic carbocycles. The van der Waals surface area contributed by atoms with Crippen LogP contribution in [0.3, 0.4) is 0 Å². The molecule has 0 fully saturated rings. The van der Waals surface area contributed by atoms with E-state index in [0.29, 0.717) is 28.3 Å². The SMILES string of the molecule is Nc1cccc2nnc(-c3ccc(Cl)o3)n12. The highest BCUT2D eigenvalue weighted by atomic mass is 35.5. The van der Waals surface area contributed by atoms with Crippen LogP contribution >= 0.6 is 11.6 Å². The van der Waals surface area contributed by atoms with Gasteiger partial charge in [0.1, 0.15) is 5.82 Å². The molecule has 0 saturated heterocycles. The van der Waals surface area contributed by atoms with Crippen LogP contribution in [0.2, 0.25) is 5.22 Å². The first-order valence-corrected chi connectivity index (χ1v) is 4.99. The maximum atomic E-state index is 5.85. The second kappa shape index (κ2) is 3.24. The van der Waals surface area contributed by atoms with Crippen LogP contribution in [0, 0.1) is 0 Å². The molecule has 0 spiro atoms. The van der Waals surface area contributed by atoms with Gasteiger partial charge in [-0.2, -0.15) is 0 Å². The van der Waals surface area contributed by atoms with Gasteiger partial charge in [-0.1, -0.05) is 6.07 Å². The van der Waals surface area contributed by atoms with E-state index in [4.69, 9.17) is 21.8 Å². The molecule has 2 N–H and O–H groups in total. The summed E-state index contributed by atoms with van der Waals surface area (Å²) in [4.78, 5) is 0. The zero-order valence-corrected chi connectivity index (χ0v) is 8.85. The maximum absolute atomic E-state index is 5.85. The number of aromatic nitrogens is 3. The predicted molar refractivity (Wildman–Crippen MR) is 60.1 cm³/mol. The Kier molecular flexibility index (Phi) is 1.87. The molecule has 3 heterocycles. The van der Waals surface area contributed by atoms with Gasteiger partial charge < -0.3 is 10.2 Å². The van der Waals surface area contributed by atoms with Gasteiger partial charge >= 0.3 is 0 Å². The largest absolute Gasteiger partial charge is 0.441 e. The van der Waals surface area contributed by atoms with Crippen molar-refractivity contribution in [2.24, 2.45) is 0 Å². The predicted octanol–water partition coefficient (Wildman–Crippen LogP) is 2.22. The van der Waals surface area contributed by atoms with Gasteiger partial charge in [0.05, 0.1) is 0 Å². The molecule has 0 aliphatic heterocycles. The van der Waals surface area contributed by atoms with Crippen molar-refractivity contribution >= 4 is 23.1 Å². The molecule has 0 aliphatic rings. The maximum Gasteiger partial charge on any atom is 0.205 e. The Morgan fingerprint density at radius 1 is 1.19 bits per heavy atom. The first kappa shape index (κ1) is 9.23. The van der Waals surface area contributed by atoms with E-state index in [2.05, 4.69) is 10.2 Å². The van der Waals surface area contributed by atoms with Crippen LogP contribution in [0.4, 0.5) is 5.82 Å². The standard InChI is InChI=1S/C10H7ClN4O/c11-7-5-4-6(16-7)10-14-13-9-3-1-2-8(12)15(9)10/h1-5H,12H2. The summed E-state index contributed by atoms with van der Waals surface area (Å²) in [5.41, 5.74) is 6.52. The van der Waals surface area contributed by atoms with E-state index in [-0.39, 0.29) is 0 Å². The summed E-state index contributed by atoms with van der Waals surface area (Å²) in [6.45, 7) is 0. The van der Waals surface area contributed by atoms with Crippen molar-refractivity contribution in [1.29, 1.82) is 0 Å². The highest BCUT2D eigenvalue weighted by Crippen LogP contribution is 2.25. The molecule has 0 atom stereocenters. The molecule has 0 amide bonds. The van der Waals surface area contributed by atoms with E-state index in [1.165, 1.54) is 0 Å². The zero-order chi connectivity index (χ0) is 11.1. The molecule has 16 heavy (non-hydrogen) atoms. The van der Waals surface area contributed by atoms with Crippen LogP contribution in [-0.2, 0) is 0 Å². The van der Waals surface area contributed by atoms with Gasteiger partial charge in [-0.05, 0) is 35.9 Å². The third kappa shape index (κ3) is 1.25. The summed E-state index contributed by atoms with van der Waals surface area (Å²) in [5, 5.41) is 8.32. The van der Waals surface area contributed by atoms with Crippen LogP contribution in [0.15, 0.2) is 34.7 Å². The molecule has 0 bridgehead atoms. The van der Waals surface area contributed by atoms with E-state index in [9.17, 15) is 0 Å². The van der Waals surface area contributed by atoms with E-state index in [1.807, 2.05) is 12.1 Å². The van der Waals surface area contributed by atoms with Crippen molar-refractivity contribution in [1.82, 2.24) is 14.6 Å². The second-order valence-corrected chi connectivity index (χ2v) is 3.64. The topological polar surface area (TPSA) is 69.3 Å². The van der Waals surface area contributed by atoms with E-state index >= 15 is 0 Å². The van der Waals surface area contributed by atoms with Crippen molar-refractivity contribution < 1.29 is 4.42 Å². The van der Waals surface area contributed by atoms with Gasteiger partial charge in [0.15, 0.2) is 16.6 Å². The number of nitrogen functional groups attached to an aromatic ring is 1. The molecule has 6 heteroatoms. The Hall–Kier alpha value is -2.01. The minimum absolute atomic E-state index is 0.307. The van der Waals surface area contributed by atoms with Crippen LogP contribution in [0.25, 0.3) is 17.2 Å². The lowest BCUT2D eigenvalue weighted by Gasteiger charge is -2.00. The lowest BCUT2D eigenvalue weighted by atomic mass is 10.4. The first-order chi connectivity index (χ1) is 7.75. The number of nitrogens with two attached hydrogens (primary N) is 1. The summed E-state index contributed by atoms with van der Waals surface area (Å²) >= 11 is 5.71. The molecule has 0 aromatic carbocycles. The van der Waals surface area contributed by atoms with Crippen LogP contribution in [0.1, 0.15) is 0 Å². The van der Waals surface area contributed by atoms with Crippen molar-refractivity contribution in [3.05, 3.63) is 35.6 Å². The smallest absolute Gasteiger partial charge is 0.205 e. The van der Waals surface area contributed by atoms with Crippen molar-refractivity contribution in [2.45, 2.75) is 0 Å². The van der Waals surface area contributed by atoms with Crippen molar-refractivity contribution in [3.63, 3.8) is 0 Å². The van der Waals surface area contributed by atoms with E-state index in [0.717, 1.165) is 0 Å². The van der Waals surface area contributed by atoms with Gasteiger partial charge in [-0.15, -0.1) is 10.2 Å². The molecular weight excluding hydrogens is 228 g/mol. The van der Waals surface area contributed by atoms with Gasteiger partial charge in [0.25, 0.3) is 0 Å². The average Bonchev–Trinajstić information content (AvgIpc) is 2.84. The quantitative estimate of drug-likeness (QED) is 0.701. The fourth-order valence-electron chi connectivity index (χ4n) is 1.56. The minimum atomic E-state index is 0.307. The number of hydrogen-bond donors (Lipinski definition) is 1. The lowest BCUT2D eigenvalue weighted by molar-refractivity contribution is 0.578. The lowest BCUT2D eigenvalue weighted by Crippen LogP contribution is -1.97. The van der Waals surface area contributed by atoms with Gasteiger partial charge in [0.2, 0.25) is 5.82 Å². The molecule has 0 unspecified atom stereocenters. The number of halogens is 1. The summed E-state index contributed by atoms with van der Waals surface area (Å²) in [6.07, 6.45) is 0. The number of hydrogen-bond acceptors (Lipinski definition) is 4. The van der Waals surface area contributed by atoms with Gasteiger partial charge in [-0.25, -0.2) is 0 Å².